The highest BCUT2D eigenvalue weighted by molar-refractivity contribution is 7.98. The normalized spacial score (nSPS) is 11.7. The lowest BCUT2D eigenvalue weighted by Gasteiger charge is -2.09. The number of benzene rings is 1. The molecule has 0 aliphatic heterocycles. The Hall–Kier alpha value is -3.24. The van der Waals surface area contributed by atoms with Crippen molar-refractivity contribution in [2.75, 3.05) is 0 Å². The molecule has 1 N–H and O–H groups in total. The van der Waals surface area contributed by atoms with Gasteiger partial charge >= 0.3 is 0 Å². The molecule has 0 radical (unpaired) electrons. The van der Waals surface area contributed by atoms with Crippen LogP contribution in [-0.2, 0) is 12.3 Å². The lowest BCUT2D eigenvalue weighted by atomic mass is 10.2. The van der Waals surface area contributed by atoms with Crippen LogP contribution in [0.1, 0.15) is 16.3 Å². The van der Waals surface area contributed by atoms with E-state index in [1.165, 1.54) is 23.1 Å². The summed E-state index contributed by atoms with van der Waals surface area (Å²) in [4.78, 5) is 34.8. The van der Waals surface area contributed by atoms with E-state index in [9.17, 15) is 9.59 Å². The first-order valence-corrected chi connectivity index (χ1v) is 11.4. The largest absolute Gasteiger partial charge is 0.309 e. The Morgan fingerprint density at radius 2 is 2.03 bits per heavy atom. The summed E-state index contributed by atoms with van der Waals surface area (Å²) in [7, 11) is 0. The van der Waals surface area contributed by atoms with Gasteiger partial charge < -0.3 is 4.98 Å². The monoisotopic (exact) mass is 450 g/mol. The van der Waals surface area contributed by atoms with Crippen molar-refractivity contribution in [2.45, 2.75) is 31.3 Å². The number of hydrogen-bond donors (Lipinski definition) is 1. The minimum Gasteiger partial charge on any atom is -0.309 e. The van der Waals surface area contributed by atoms with Gasteiger partial charge in [-0.25, -0.2) is 4.98 Å². The molecule has 4 heterocycles. The maximum absolute atomic E-state index is 12.9. The quantitative estimate of drug-likeness (QED) is 0.325. The number of aromatic nitrogens is 6. The van der Waals surface area contributed by atoms with Crippen molar-refractivity contribution < 1.29 is 0 Å². The number of fused-ring (bicyclic) bond motifs is 4. The second kappa shape index (κ2) is 7.47. The highest BCUT2D eigenvalue weighted by atomic mass is 32.2. The number of para-hydroxylation sites is 1. The van der Waals surface area contributed by atoms with Crippen LogP contribution in [0.5, 0.6) is 0 Å². The van der Waals surface area contributed by atoms with Crippen molar-refractivity contribution in [3.8, 4) is 0 Å². The van der Waals surface area contributed by atoms with Crippen LogP contribution in [0.4, 0.5) is 0 Å². The van der Waals surface area contributed by atoms with Gasteiger partial charge in [0.05, 0.1) is 22.0 Å². The molecule has 8 nitrogen and oxygen atoms in total. The fraction of sp³-hybridized carbons (Fsp3) is 0.190. The van der Waals surface area contributed by atoms with E-state index >= 15 is 0 Å². The highest BCUT2D eigenvalue weighted by Crippen LogP contribution is 2.27. The average Bonchev–Trinajstić information content (AvgIpc) is 3.30. The van der Waals surface area contributed by atoms with E-state index in [2.05, 4.69) is 26.7 Å². The Balaban J connectivity index is 1.60. The molecule has 0 aliphatic carbocycles. The minimum atomic E-state index is -0.133. The maximum atomic E-state index is 12.9. The van der Waals surface area contributed by atoms with Crippen LogP contribution >= 0.6 is 23.1 Å². The summed E-state index contributed by atoms with van der Waals surface area (Å²) in [6.45, 7) is 8.01. The lowest BCUT2D eigenvalue weighted by molar-refractivity contribution is 0.783. The zero-order chi connectivity index (χ0) is 21.7. The molecule has 10 heteroatoms. The van der Waals surface area contributed by atoms with Crippen molar-refractivity contribution >= 4 is 50.0 Å². The van der Waals surface area contributed by atoms with Gasteiger partial charge in [0.15, 0.2) is 5.16 Å². The van der Waals surface area contributed by atoms with Crippen LogP contribution < -0.4 is 11.1 Å². The van der Waals surface area contributed by atoms with Gasteiger partial charge in [-0.1, -0.05) is 30.0 Å². The van der Waals surface area contributed by atoms with Gasteiger partial charge in [0, 0.05) is 11.4 Å². The van der Waals surface area contributed by atoms with Crippen molar-refractivity contribution in [1.29, 1.82) is 0 Å². The molecule has 0 atom stereocenters. The molecule has 4 aromatic heterocycles. The van der Waals surface area contributed by atoms with Crippen LogP contribution in [0.3, 0.4) is 0 Å². The van der Waals surface area contributed by atoms with Gasteiger partial charge in [-0.15, -0.1) is 28.1 Å². The predicted octanol–water partition coefficient (Wildman–Crippen LogP) is 3.44. The molecule has 156 valence electrons. The van der Waals surface area contributed by atoms with Crippen molar-refractivity contribution in [1.82, 2.24) is 29.1 Å². The number of nitrogens with one attached hydrogen (secondary N) is 1. The molecule has 5 aromatic rings. The Morgan fingerprint density at radius 3 is 2.84 bits per heavy atom. The van der Waals surface area contributed by atoms with Crippen LogP contribution in [-0.4, -0.2) is 29.1 Å². The number of thiophene rings is 1. The number of allylic oxidation sites excluding steroid dienone is 1. The lowest BCUT2D eigenvalue weighted by Crippen LogP contribution is -2.22. The fourth-order valence-electron chi connectivity index (χ4n) is 3.62. The number of aryl methyl sites for hydroxylation is 2. The first-order chi connectivity index (χ1) is 15.0. The summed E-state index contributed by atoms with van der Waals surface area (Å²) < 4.78 is 3.41. The second-order valence-corrected chi connectivity index (χ2v) is 9.25. The van der Waals surface area contributed by atoms with Crippen molar-refractivity contribution in [3.63, 3.8) is 0 Å². The third-order valence-corrected chi connectivity index (χ3v) is 7.26. The Labute approximate surface area is 184 Å². The van der Waals surface area contributed by atoms with Gasteiger partial charge in [0.25, 0.3) is 11.1 Å². The SMILES string of the molecule is C=CCn1c(=O)c2ccccc2n2c(SCc3nc4sc(C)c(C)c4c(=O)[nH]3)nnc12. The topological polar surface area (TPSA) is 97.9 Å². The summed E-state index contributed by atoms with van der Waals surface area (Å²) >= 11 is 2.93. The van der Waals surface area contributed by atoms with E-state index in [1.807, 2.05) is 36.4 Å². The molecule has 31 heavy (non-hydrogen) atoms. The predicted molar refractivity (Wildman–Crippen MR) is 124 cm³/mol. The van der Waals surface area contributed by atoms with Crippen LogP contribution in [0.25, 0.3) is 26.9 Å². The molecule has 0 unspecified atom stereocenters. The zero-order valence-corrected chi connectivity index (χ0v) is 18.5. The van der Waals surface area contributed by atoms with Gasteiger partial charge in [0.1, 0.15) is 10.7 Å². The molecule has 1 aromatic carbocycles. The standard InChI is InChI=1S/C21H18N6O2S2/c1-4-9-26-19(29)13-7-5-6-8-14(13)27-20(26)24-25-21(27)30-10-15-22-17(28)16-11(2)12(3)31-18(16)23-15/h4-8H,1,9-10H2,2-3H3,(H,22,23,28). The molecule has 0 aliphatic rings. The molecule has 0 saturated heterocycles. The van der Waals surface area contributed by atoms with E-state index in [4.69, 9.17) is 0 Å². The first kappa shape index (κ1) is 19.7. The van der Waals surface area contributed by atoms with Crippen LogP contribution in [0.15, 0.2) is 51.7 Å². The summed E-state index contributed by atoms with van der Waals surface area (Å²) in [5.41, 5.74) is 1.45. The number of aromatic amines is 1. The molecule has 0 saturated carbocycles. The number of rotatable bonds is 5. The van der Waals surface area contributed by atoms with Crippen LogP contribution in [0.2, 0.25) is 0 Å². The van der Waals surface area contributed by atoms with Crippen LogP contribution in [0, 0.1) is 13.8 Å². The van der Waals surface area contributed by atoms with E-state index < -0.39 is 0 Å². The first-order valence-electron chi connectivity index (χ1n) is 9.59. The molecule has 5 rings (SSSR count). The molecule has 0 bridgehead atoms. The molecule has 0 amide bonds. The third kappa shape index (κ3) is 3.10. The van der Waals surface area contributed by atoms with E-state index in [0.29, 0.717) is 39.8 Å². The summed E-state index contributed by atoms with van der Waals surface area (Å²) in [6.07, 6.45) is 1.66. The van der Waals surface area contributed by atoms with E-state index in [0.717, 1.165) is 20.8 Å². The highest BCUT2D eigenvalue weighted by Gasteiger charge is 2.17. The number of hydrogen-bond acceptors (Lipinski definition) is 7. The fourth-order valence-corrected chi connectivity index (χ4v) is 5.48. The second-order valence-electron chi connectivity index (χ2n) is 7.10. The Bertz CT molecular complexity index is 1610. The summed E-state index contributed by atoms with van der Waals surface area (Å²) in [5.74, 6) is 1.44. The van der Waals surface area contributed by atoms with Gasteiger partial charge in [-0.2, -0.15) is 0 Å². The zero-order valence-electron chi connectivity index (χ0n) is 16.9. The van der Waals surface area contributed by atoms with Crippen molar-refractivity contribution in [2.24, 2.45) is 0 Å². The smallest absolute Gasteiger partial charge is 0.263 e. The maximum Gasteiger partial charge on any atom is 0.263 e. The molecule has 0 fully saturated rings. The Morgan fingerprint density at radius 1 is 1.23 bits per heavy atom. The molecular formula is C21H18N6O2S2. The molecular weight excluding hydrogens is 432 g/mol. The molecule has 0 spiro atoms. The van der Waals surface area contributed by atoms with Crippen molar-refractivity contribution in [3.05, 3.63) is 73.9 Å². The van der Waals surface area contributed by atoms with Gasteiger partial charge in [0.2, 0.25) is 5.78 Å². The number of thioether (sulfide) groups is 1. The third-order valence-electron chi connectivity index (χ3n) is 5.22. The summed E-state index contributed by atoms with van der Waals surface area (Å²) in [5, 5.41) is 10.4. The summed E-state index contributed by atoms with van der Waals surface area (Å²) in [6, 6.07) is 7.38. The minimum absolute atomic E-state index is 0.126. The Kier molecular flexibility index (Phi) is 4.75. The van der Waals surface area contributed by atoms with Gasteiger partial charge in [-0.05, 0) is 31.5 Å². The average molecular weight is 451 g/mol. The van der Waals surface area contributed by atoms with E-state index in [1.54, 1.807) is 16.7 Å². The number of nitrogens with zero attached hydrogens (tertiary/aromatic N) is 5. The van der Waals surface area contributed by atoms with E-state index in [-0.39, 0.29) is 11.1 Å². The number of H-pyrrole nitrogens is 1. The van der Waals surface area contributed by atoms with Gasteiger partial charge in [-0.3, -0.25) is 18.6 Å².